The summed E-state index contributed by atoms with van der Waals surface area (Å²) in [5, 5.41) is 11.6. The Morgan fingerprint density at radius 3 is 2.25 bits per heavy atom. The molecule has 0 spiro atoms. The third-order valence-corrected chi connectivity index (χ3v) is 4.79. The van der Waals surface area contributed by atoms with Crippen LogP contribution in [0.2, 0.25) is 0 Å². The van der Waals surface area contributed by atoms with Crippen LogP contribution < -0.4 is 10.2 Å². The molecular formula is C21H19ClN2O4. The molecule has 2 aromatic carbocycles. The van der Waals surface area contributed by atoms with Crippen LogP contribution in [0.25, 0.3) is 0 Å². The van der Waals surface area contributed by atoms with Gasteiger partial charge in [0.1, 0.15) is 10.7 Å². The number of carboxylic acids is 1. The molecule has 0 aliphatic carbocycles. The van der Waals surface area contributed by atoms with E-state index in [0.29, 0.717) is 11.4 Å². The standard InChI is InChI=1S/C21H19ClN2O4/c1-2-3-4-13-5-11-16(12-6-13)24-19(25)17(22)18(20(24)26)23-15-9-7-14(8-10-15)21(27)28/h5-12,23H,2-4H2,1H3,(H,27,28). The zero-order valence-electron chi connectivity index (χ0n) is 15.2. The van der Waals surface area contributed by atoms with Crippen LogP contribution in [0, 0.1) is 0 Å². The normalized spacial score (nSPS) is 14.0. The van der Waals surface area contributed by atoms with Crippen LogP contribution in [0.15, 0.2) is 59.3 Å². The van der Waals surface area contributed by atoms with Gasteiger partial charge in [-0.1, -0.05) is 37.1 Å². The number of hydrogen-bond donors (Lipinski definition) is 2. The third kappa shape index (κ3) is 3.92. The van der Waals surface area contributed by atoms with Gasteiger partial charge in [0.25, 0.3) is 11.8 Å². The lowest BCUT2D eigenvalue weighted by molar-refractivity contribution is -0.120. The number of imide groups is 1. The number of carboxylic acid groups (broad SMARTS) is 1. The van der Waals surface area contributed by atoms with E-state index in [1.54, 1.807) is 12.1 Å². The number of unbranched alkanes of at least 4 members (excludes halogenated alkanes) is 1. The van der Waals surface area contributed by atoms with E-state index in [4.69, 9.17) is 16.7 Å². The minimum atomic E-state index is -1.05. The summed E-state index contributed by atoms with van der Waals surface area (Å²) in [7, 11) is 0. The Bertz CT molecular complexity index is 949. The van der Waals surface area contributed by atoms with Crippen molar-refractivity contribution in [3.05, 3.63) is 70.4 Å². The maximum atomic E-state index is 12.8. The van der Waals surface area contributed by atoms with E-state index >= 15 is 0 Å². The van der Waals surface area contributed by atoms with E-state index in [2.05, 4.69) is 12.2 Å². The largest absolute Gasteiger partial charge is 0.478 e. The van der Waals surface area contributed by atoms with Crippen molar-refractivity contribution in [2.24, 2.45) is 0 Å². The molecule has 0 fully saturated rings. The molecule has 0 atom stereocenters. The van der Waals surface area contributed by atoms with Gasteiger partial charge in [-0.2, -0.15) is 0 Å². The van der Waals surface area contributed by atoms with Crippen molar-refractivity contribution in [2.45, 2.75) is 26.2 Å². The number of hydrogen-bond acceptors (Lipinski definition) is 4. The summed E-state index contributed by atoms with van der Waals surface area (Å²) in [5.41, 5.74) is 2.12. The Morgan fingerprint density at radius 2 is 1.68 bits per heavy atom. The SMILES string of the molecule is CCCCc1ccc(N2C(=O)C(Cl)=C(Nc3ccc(C(=O)O)cc3)C2=O)cc1. The fourth-order valence-electron chi connectivity index (χ4n) is 2.88. The molecule has 0 aromatic heterocycles. The Balaban J connectivity index is 1.78. The summed E-state index contributed by atoms with van der Waals surface area (Å²) in [6, 6.07) is 13.1. The van der Waals surface area contributed by atoms with Crippen LogP contribution in [0.5, 0.6) is 0 Å². The second kappa shape index (κ2) is 8.27. The molecule has 0 saturated carbocycles. The number of benzene rings is 2. The van der Waals surface area contributed by atoms with E-state index in [1.165, 1.54) is 24.3 Å². The first-order valence-corrected chi connectivity index (χ1v) is 9.28. The Morgan fingerprint density at radius 1 is 1.04 bits per heavy atom. The summed E-state index contributed by atoms with van der Waals surface area (Å²) >= 11 is 6.11. The molecule has 7 heteroatoms. The molecule has 1 aliphatic heterocycles. The van der Waals surface area contributed by atoms with E-state index in [1.807, 2.05) is 12.1 Å². The quantitative estimate of drug-likeness (QED) is 0.684. The maximum absolute atomic E-state index is 12.8. The first-order chi connectivity index (χ1) is 13.4. The van der Waals surface area contributed by atoms with Gasteiger partial charge in [0, 0.05) is 5.69 Å². The summed E-state index contributed by atoms with van der Waals surface area (Å²) in [6.07, 6.45) is 3.10. The number of carbonyl (C=O) groups is 3. The summed E-state index contributed by atoms with van der Waals surface area (Å²) in [4.78, 5) is 37.2. The lowest BCUT2D eigenvalue weighted by Crippen LogP contribution is -2.32. The summed E-state index contributed by atoms with van der Waals surface area (Å²) in [6.45, 7) is 2.12. The van der Waals surface area contributed by atoms with Gasteiger partial charge in [-0.3, -0.25) is 9.59 Å². The summed E-state index contributed by atoms with van der Waals surface area (Å²) < 4.78 is 0. The van der Waals surface area contributed by atoms with E-state index in [-0.39, 0.29) is 16.3 Å². The molecule has 2 amide bonds. The zero-order valence-corrected chi connectivity index (χ0v) is 16.0. The number of anilines is 2. The minimum absolute atomic E-state index is 0.0372. The fraction of sp³-hybridized carbons (Fsp3) is 0.190. The summed E-state index contributed by atoms with van der Waals surface area (Å²) in [5.74, 6) is -2.21. The molecule has 0 saturated heterocycles. The predicted molar refractivity (Wildman–Crippen MR) is 107 cm³/mol. The van der Waals surface area contributed by atoms with Crippen LogP contribution in [-0.4, -0.2) is 22.9 Å². The topological polar surface area (TPSA) is 86.7 Å². The molecule has 2 N–H and O–H groups in total. The number of carbonyl (C=O) groups excluding carboxylic acids is 2. The number of nitrogens with zero attached hydrogens (tertiary/aromatic N) is 1. The van der Waals surface area contributed by atoms with Gasteiger partial charge in [-0.05, 0) is 54.8 Å². The Kier molecular flexibility index (Phi) is 5.80. The van der Waals surface area contributed by atoms with Crippen molar-refractivity contribution in [2.75, 3.05) is 10.2 Å². The molecule has 6 nitrogen and oxygen atoms in total. The Hall–Kier alpha value is -3.12. The predicted octanol–water partition coefficient (Wildman–Crippen LogP) is 4.16. The molecule has 0 radical (unpaired) electrons. The molecule has 144 valence electrons. The molecule has 1 heterocycles. The van der Waals surface area contributed by atoms with Crippen LogP contribution in [0.4, 0.5) is 11.4 Å². The van der Waals surface area contributed by atoms with Gasteiger partial charge in [-0.25, -0.2) is 9.69 Å². The molecule has 2 aromatic rings. The Labute approximate surface area is 167 Å². The number of amides is 2. The number of aryl methyl sites for hydroxylation is 1. The van der Waals surface area contributed by atoms with E-state index in [9.17, 15) is 14.4 Å². The average Bonchev–Trinajstić information content (AvgIpc) is 2.90. The van der Waals surface area contributed by atoms with Crippen molar-refractivity contribution in [1.29, 1.82) is 0 Å². The smallest absolute Gasteiger partial charge is 0.335 e. The van der Waals surface area contributed by atoms with Crippen molar-refractivity contribution in [1.82, 2.24) is 0 Å². The number of nitrogens with one attached hydrogen (secondary N) is 1. The number of rotatable bonds is 7. The van der Waals surface area contributed by atoms with E-state index in [0.717, 1.165) is 29.7 Å². The van der Waals surface area contributed by atoms with Gasteiger partial charge in [0.15, 0.2) is 0 Å². The van der Waals surface area contributed by atoms with Gasteiger partial charge in [0.05, 0.1) is 11.3 Å². The number of halogens is 1. The molecule has 0 bridgehead atoms. The molecular weight excluding hydrogens is 380 g/mol. The first-order valence-electron chi connectivity index (χ1n) is 8.90. The molecule has 0 unspecified atom stereocenters. The van der Waals surface area contributed by atoms with Gasteiger partial charge >= 0.3 is 5.97 Å². The highest BCUT2D eigenvalue weighted by Gasteiger charge is 2.38. The highest BCUT2D eigenvalue weighted by Crippen LogP contribution is 2.30. The fourth-order valence-corrected chi connectivity index (χ4v) is 3.09. The zero-order chi connectivity index (χ0) is 20.3. The van der Waals surface area contributed by atoms with Crippen LogP contribution in [-0.2, 0) is 16.0 Å². The van der Waals surface area contributed by atoms with E-state index < -0.39 is 17.8 Å². The molecule has 1 aliphatic rings. The van der Waals surface area contributed by atoms with Crippen molar-refractivity contribution in [3.8, 4) is 0 Å². The maximum Gasteiger partial charge on any atom is 0.335 e. The molecule has 3 rings (SSSR count). The van der Waals surface area contributed by atoms with Crippen LogP contribution in [0.3, 0.4) is 0 Å². The highest BCUT2D eigenvalue weighted by atomic mass is 35.5. The highest BCUT2D eigenvalue weighted by molar-refractivity contribution is 6.53. The third-order valence-electron chi connectivity index (χ3n) is 4.44. The second-order valence-electron chi connectivity index (χ2n) is 6.41. The van der Waals surface area contributed by atoms with Crippen LogP contribution >= 0.6 is 11.6 Å². The second-order valence-corrected chi connectivity index (χ2v) is 6.79. The van der Waals surface area contributed by atoms with Crippen molar-refractivity contribution >= 4 is 40.8 Å². The van der Waals surface area contributed by atoms with Crippen molar-refractivity contribution < 1.29 is 19.5 Å². The monoisotopic (exact) mass is 398 g/mol. The lowest BCUT2D eigenvalue weighted by atomic mass is 10.1. The number of aromatic carboxylic acids is 1. The average molecular weight is 399 g/mol. The molecule has 28 heavy (non-hydrogen) atoms. The first kappa shape index (κ1) is 19.6. The van der Waals surface area contributed by atoms with Crippen molar-refractivity contribution in [3.63, 3.8) is 0 Å². The minimum Gasteiger partial charge on any atom is -0.478 e. The van der Waals surface area contributed by atoms with Gasteiger partial charge in [-0.15, -0.1) is 0 Å². The van der Waals surface area contributed by atoms with Crippen LogP contribution in [0.1, 0.15) is 35.7 Å². The van der Waals surface area contributed by atoms with Gasteiger partial charge in [0.2, 0.25) is 0 Å². The lowest BCUT2D eigenvalue weighted by Gasteiger charge is -2.15. The van der Waals surface area contributed by atoms with Gasteiger partial charge < -0.3 is 10.4 Å².